The Kier molecular flexibility index (Phi) is 3.59. The minimum atomic E-state index is -0.900. The Bertz CT molecular complexity index is 216. The van der Waals surface area contributed by atoms with Crippen molar-refractivity contribution in [3.63, 3.8) is 0 Å². The van der Waals surface area contributed by atoms with E-state index < -0.39 is 23.8 Å². The Labute approximate surface area is 80.6 Å². The average molecular weight is 204 g/mol. The highest BCUT2D eigenvalue weighted by molar-refractivity contribution is 7.99. The molecule has 4 nitrogen and oxygen atoms in total. The normalized spacial score (nSPS) is 28.1. The first-order valence-corrected chi connectivity index (χ1v) is 5.20. The first-order chi connectivity index (χ1) is 6.16. The molecule has 1 aliphatic heterocycles. The molecule has 0 aliphatic carbocycles. The maximum Gasteiger partial charge on any atom is 0.309 e. The molecule has 2 atom stereocenters. The summed E-state index contributed by atoms with van der Waals surface area (Å²) < 4.78 is 4.56. The number of rotatable bonds is 2. The van der Waals surface area contributed by atoms with Gasteiger partial charge in [-0.25, -0.2) is 0 Å². The molecule has 5 heteroatoms. The van der Waals surface area contributed by atoms with Gasteiger partial charge in [0.1, 0.15) is 0 Å². The molecule has 0 bridgehead atoms. The highest BCUT2D eigenvalue weighted by atomic mass is 32.2. The van der Waals surface area contributed by atoms with Crippen LogP contribution in [0.15, 0.2) is 0 Å². The predicted molar refractivity (Wildman–Crippen MR) is 48.6 cm³/mol. The van der Waals surface area contributed by atoms with Crippen LogP contribution in [0.2, 0.25) is 0 Å². The van der Waals surface area contributed by atoms with Crippen molar-refractivity contribution in [1.29, 1.82) is 0 Å². The van der Waals surface area contributed by atoms with E-state index in [2.05, 4.69) is 4.74 Å². The summed E-state index contributed by atoms with van der Waals surface area (Å²) in [6.07, 6.45) is 0.605. The molecular formula is C8H12O4S. The quantitative estimate of drug-likeness (QED) is 0.668. The van der Waals surface area contributed by atoms with E-state index in [1.54, 1.807) is 11.8 Å². The van der Waals surface area contributed by atoms with Crippen molar-refractivity contribution in [3.8, 4) is 0 Å². The number of aliphatic carboxylic acids is 1. The second kappa shape index (κ2) is 4.50. The second-order valence-electron chi connectivity index (χ2n) is 2.94. The third kappa shape index (κ3) is 2.37. The Morgan fingerprint density at radius 3 is 2.69 bits per heavy atom. The number of hydrogen-bond donors (Lipinski definition) is 1. The summed E-state index contributed by atoms with van der Waals surface area (Å²) in [5.74, 6) is -0.983. The van der Waals surface area contributed by atoms with Gasteiger partial charge in [0.05, 0.1) is 18.9 Å². The number of hydrogen-bond acceptors (Lipinski definition) is 4. The molecule has 0 aromatic rings. The van der Waals surface area contributed by atoms with Crippen molar-refractivity contribution in [2.75, 3.05) is 18.6 Å². The largest absolute Gasteiger partial charge is 0.481 e. The second-order valence-corrected chi connectivity index (χ2v) is 4.09. The van der Waals surface area contributed by atoms with Crippen molar-refractivity contribution in [3.05, 3.63) is 0 Å². The van der Waals surface area contributed by atoms with Crippen LogP contribution in [0.5, 0.6) is 0 Å². The van der Waals surface area contributed by atoms with Gasteiger partial charge in [-0.3, -0.25) is 9.59 Å². The van der Waals surface area contributed by atoms with Crippen molar-refractivity contribution in [2.45, 2.75) is 6.42 Å². The lowest BCUT2D eigenvalue weighted by Crippen LogP contribution is -2.35. The van der Waals surface area contributed by atoms with Crippen molar-refractivity contribution in [1.82, 2.24) is 0 Å². The van der Waals surface area contributed by atoms with E-state index in [9.17, 15) is 9.59 Å². The fourth-order valence-corrected chi connectivity index (χ4v) is 2.63. The van der Waals surface area contributed by atoms with Crippen LogP contribution < -0.4 is 0 Å². The van der Waals surface area contributed by atoms with Crippen molar-refractivity contribution in [2.24, 2.45) is 11.8 Å². The lowest BCUT2D eigenvalue weighted by Gasteiger charge is -2.25. The zero-order valence-electron chi connectivity index (χ0n) is 7.36. The minimum Gasteiger partial charge on any atom is -0.481 e. The van der Waals surface area contributed by atoms with Crippen LogP contribution in [0.4, 0.5) is 0 Å². The van der Waals surface area contributed by atoms with E-state index >= 15 is 0 Å². The van der Waals surface area contributed by atoms with Crippen molar-refractivity contribution < 1.29 is 19.4 Å². The zero-order valence-corrected chi connectivity index (χ0v) is 8.17. The van der Waals surface area contributed by atoms with E-state index in [1.165, 1.54) is 7.11 Å². The number of carboxylic acid groups (broad SMARTS) is 1. The van der Waals surface area contributed by atoms with Crippen LogP contribution in [0.3, 0.4) is 0 Å². The highest BCUT2D eigenvalue weighted by Crippen LogP contribution is 2.29. The van der Waals surface area contributed by atoms with E-state index in [4.69, 9.17) is 5.11 Å². The molecule has 0 saturated carbocycles. The summed E-state index contributed by atoms with van der Waals surface area (Å²) in [6, 6.07) is 0. The van der Waals surface area contributed by atoms with E-state index in [-0.39, 0.29) is 0 Å². The summed E-state index contributed by atoms with van der Waals surface area (Å²) in [6.45, 7) is 0. The predicted octanol–water partition coefficient (Wildman–Crippen LogP) is 0.613. The number of ether oxygens (including phenoxy) is 1. The molecule has 1 aliphatic rings. The number of carbonyl (C=O) groups is 2. The first kappa shape index (κ1) is 10.4. The summed E-state index contributed by atoms with van der Waals surface area (Å²) in [7, 11) is 1.29. The van der Waals surface area contributed by atoms with Gasteiger partial charge in [-0.2, -0.15) is 11.8 Å². The third-order valence-electron chi connectivity index (χ3n) is 2.18. The number of methoxy groups -OCH3 is 1. The summed E-state index contributed by atoms with van der Waals surface area (Å²) in [5.41, 5.74) is 0. The molecule has 1 rings (SSSR count). The molecule has 1 saturated heterocycles. The monoisotopic (exact) mass is 204 g/mol. The Morgan fingerprint density at radius 1 is 1.46 bits per heavy atom. The molecule has 0 aromatic carbocycles. The number of carbonyl (C=O) groups excluding carboxylic acids is 1. The molecule has 13 heavy (non-hydrogen) atoms. The molecule has 1 N–H and O–H groups in total. The Balaban J connectivity index is 2.67. The minimum absolute atomic E-state index is 0.396. The van der Waals surface area contributed by atoms with Gasteiger partial charge in [-0.05, 0) is 12.2 Å². The molecular weight excluding hydrogens is 192 g/mol. The topological polar surface area (TPSA) is 63.6 Å². The average Bonchev–Trinajstić information content (AvgIpc) is 2.16. The maximum absolute atomic E-state index is 11.2. The number of esters is 1. The van der Waals surface area contributed by atoms with Crippen LogP contribution >= 0.6 is 11.8 Å². The SMILES string of the molecule is COC(=O)[C@@H]1CCSC[C@H]1C(=O)O. The summed E-state index contributed by atoms with van der Waals surface area (Å²) >= 11 is 1.57. The molecule has 0 aromatic heterocycles. The van der Waals surface area contributed by atoms with Gasteiger partial charge in [-0.1, -0.05) is 0 Å². The summed E-state index contributed by atoms with van der Waals surface area (Å²) in [5, 5.41) is 8.83. The summed E-state index contributed by atoms with van der Waals surface area (Å²) in [4.78, 5) is 22.0. The lowest BCUT2D eigenvalue weighted by molar-refractivity contribution is -0.155. The smallest absolute Gasteiger partial charge is 0.309 e. The van der Waals surface area contributed by atoms with Gasteiger partial charge in [0, 0.05) is 5.75 Å². The zero-order chi connectivity index (χ0) is 9.84. The Morgan fingerprint density at radius 2 is 2.15 bits per heavy atom. The highest BCUT2D eigenvalue weighted by Gasteiger charge is 2.36. The van der Waals surface area contributed by atoms with Crippen LogP contribution in [0, 0.1) is 11.8 Å². The van der Waals surface area contributed by atoms with E-state index in [0.717, 1.165) is 5.75 Å². The van der Waals surface area contributed by atoms with Gasteiger partial charge in [0.25, 0.3) is 0 Å². The molecule has 1 heterocycles. The van der Waals surface area contributed by atoms with E-state index in [0.29, 0.717) is 12.2 Å². The molecule has 0 radical (unpaired) electrons. The van der Waals surface area contributed by atoms with Gasteiger partial charge < -0.3 is 9.84 Å². The van der Waals surface area contributed by atoms with Crippen LogP contribution in [0.1, 0.15) is 6.42 Å². The molecule has 0 amide bonds. The standard InChI is InChI=1S/C8H12O4S/c1-12-8(11)5-2-3-13-4-6(5)7(9)10/h5-6H,2-4H2,1H3,(H,9,10)/t5-,6-/m1/s1. The van der Waals surface area contributed by atoms with Gasteiger partial charge in [0.2, 0.25) is 0 Å². The Hall–Kier alpha value is -0.710. The first-order valence-electron chi connectivity index (χ1n) is 4.05. The maximum atomic E-state index is 11.2. The third-order valence-corrected chi connectivity index (χ3v) is 3.30. The van der Waals surface area contributed by atoms with E-state index in [1.807, 2.05) is 0 Å². The molecule has 1 fully saturated rings. The molecule has 0 unspecified atom stereocenters. The molecule has 0 spiro atoms. The van der Waals surface area contributed by atoms with Gasteiger partial charge in [-0.15, -0.1) is 0 Å². The van der Waals surface area contributed by atoms with Crippen LogP contribution in [-0.2, 0) is 14.3 Å². The fraction of sp³-hybridized carbons (Fsp3) is 0.750. The van der Waals surface area contributed by atoms with Gasteiger partial charge >= 0.3 is 11.9 Å². The lowest BCUT2D eigenvalue weighted by atomic mass is 9.91. The van der Waals surface area contributed by atoms with Crippen LogP contribution in [-0.4, -0.2) is 35.7 Å². The van der Waals surface area contributed by atoms with Gasteiger partial charge in [0.15, 0.2) is 0 Å². The number of carboxylic acids is 1. The molecule has 74 valence electrons. The fourth-order valence-electron chi connectivity index (χ4n) is 1.41. The van der Waals surface area contributed by atoms with Crippen LogP contribution in [0.25, 0.3) is 0 Å². The van der Waals surface area contributed by atoms with Crippen molar-refractivity contribution >= 4 is 23.7 Å². The number of thioether (sulfide) groups is 1.